The Morgan fingerprint density at radius 1 is 1.32 bits per heavy atom. The Kier molecular flexibility index (Phi) is 5.98. The van der Waals surface area contributed by atoms with Gasteiger partial charge in [0.1, 0.15) is 17.5 Å². The van der Waals surface area contributed by atoms with E-state index >= 15 is 0 Å². The topological polar surface area (TPSA) is 76.3 Å². The minimum absolute atomic E-state index is 0.542. The maximum absolute atomic E-state index is 5.51. The zero-order valence-corrected chi connectivity index (χ0v) is 12.5. The molecule has 0 amide bonds. The van der Waals surface area contributed by atoms with Crippen LogP contribution in [-0.2, 0) is 4.74 Å². The quantitative estimate of drug-likeness (QED) is 0.576. The van der Waals surface area contributed by atoms with E-state index in [-0.39, 0.29) is 0 Å². The number of nitrogens with two attached hydrogens (primary N) is 1. The van der Waals surface area contributed by atoms with Gasteiger partial charge >= 0.3 is 0 Å². The minimum atomic E-state index is 0.542. The molecule has 0 aliphatic rings. The number of hydrogen-bond acceptors (Lipinski definition) is 6. The lowest BCUT2D eigenvalue weighted by Gasteiger charge is -2.27. The van der Waals surface area contributed by atoms with E-state index in [1.807, 2.05) is 13.8 Å². The van der Waals surface area contributed by atoms with Crippen LogP contribution in [0.5, 0.6) is 0 Å². The summed E-state index contributed by atoms with van der Waals surface area (Å²) < 4.78 is 5.18. The van der Waals surface area contributed by atoms with Crippen molar-refractivity contribution in [1.82, 2.24) is 9.97 Å². The summed E-state index contributed by atoms with van der Waals surface area (Å²) in [4.78, 5) is 11.1. The Balaban J connectivity index is 3.09. The highest BCUT2D eigenvalue weighted by Crippen LogP contribution is 2.23. The molecule has 0 saturated carbocycles. The standard InChI is InChI=1S/C13H25N5O/c1-9(2)8-18(6-7-19-5)13-10(3)12(17-14)15-11(4)16-13/h9H,6-8,14H2,1-5H3,(H,15,16,17). The maximum Gasteiger partial charge on any atom is 0.148 e. The van der Waals surface area contributed by atoms with E-state index in [2.05, 4.69) is 34.1 Å². The van der Waals surface area contributed by atoms with Crippen LogP contribution >= 0.6 is 0 Å². The zero-order chi connectivity index (χ0) is 14.4. The van der Waals surface area contributed by atoms with Crippen LogP contribution in [0.25, 0.3) is 0 Å². The van der Waals surface area contributed by atoms with E-state index in [4.69, 9.17) is 10.6 Å². The third kappa shape index (κ3) is 4.33. The van der Waals surface area contributed by atoms with E-state index in [9.17, 15) is 0 Å². The number of nitrogen functional groups attached to an aromatic ring is 1. The van der Waals surface area contributed by atoms with Crippen molar-refractivity contribution in [1.29, 1.82) is 0 Å². The number of nitrogens with zero attached hydrogens (tertiary/aromatic N) is 3. The molecule has 0 bridgehead atoms. The van der Waals surface area contributed by atoms with Gasteiger partial charge in [0, 0.05) is 25.8 Å². The van der Waals surface area contributed by atoms with Gasteiger partial charge in [0.2, 0.25) is 0 Å². The molecule has 0 spiro atoms. The molecule has 0 saturated heterocycles. The number of hydrazine groups is 1. The molecular formula is C13H25N5O. The molecule has 1 aromatic heterocycles. The van der Waals surface area contributed by atoms with Gasteiger partial charge in [-0.1, -0.05) is 13.8 Å². The van der Waals surface area contributed by atoms with Crippen LogP contribution in [0.1, 0.15) is 25.2 Å². The predicted molar refractivity (Wildman–Crippen MR) is 78.2 cm³/mol. The number of ether oxygens (including phenoxy) is 1. The van der Waals surface area contributed by atoms with Gasteiger partial charge in [-0.15, -0.1) is 0 Å². The van der Waals surface area contributed by atoms with E-state index in [0.29, 0.717) is 24.2 Å². The van der Waals surface area contributed by atoms with Crippen LogP contribution in [0.2, 0.25) is 0 Å². The number of aromatic nitrogens is 2. The Morgan fingerprint density at radius 3 is 2.53 bits per heavy atom. The average molecular weight is 267 g/mol. The first-order valence-corrected chi connectivity index (χ1v) is 6.55. The fourth-order valence-electron chi connectivity index (χ4n) is 1.99. The third-order valence-electron chi connectivity index (χ3n) is 2.82. The average Bonchev–Trinajstić information content (AvgIpc) is 2.36. The van der Waals surface area contributed by atoms with E-state index < -0.39 is 0 Å². The monoisotopic (exact) mass is 267 g/mol. The molecule has 19 heavy (non-hydrogen) atoms. The molecule has 0 aliphatic heterocycles. The number of hydrogen-bond donors (Lipinski definition) is 2. The summed E-state index contributed by atoms with van der Waals surface area (Å²) in [6, 6.07) is 0. The van der Waals surface area contributed by atoms with Crippen molar-refractivity contribution in [2.45, 2.75) is 27.7 Å². The van der Waals surface area contributed by atoms with Gasteiger partial charge in [0.25, 0.3) is 0 Å². The largest absolute Gasteiger partial charge is 0.383 e. The van der Waals surface area contributed by atoms with Crippen LogP contribution in [0, 0.1) is 19.8 Å². The second-order valence-electron chi connectivity index (χ2n) is 5.05. The second-order valence-corrected chi connectivity index (χ2v) is 5.05. The van der Waals surface area contributed by atoms with Crippen molar-refractivity contribution in [3.05, 3.63) is 11.4 Å². The summed E-state index contributed by atoms with van der Waals surface area (Å²) in [7, 11) is 1.71. The molecule has 6 nitrogen and oxygen atoms in total. The first-order valence-electron chi connectivity index (χ1n) is 6.55. The number of rotatable bonds is 7. The van der Waals surface area contributed by atoms with Crippen LogP contribution < -0.4 is 16.2 Å². The van der Waals surface area contributed by atoms with Crippen LogP contribution in [0.4, 0.5) is 11.6 Å². The Labute approximate surface area is 115 Å². The van der Waals surface area contributed by atoms with Gasteiger partial charge < -0.3 is 15.1 Å². The molecule has 1 aromatic rings. The zero-order valence-electron chi connectivity index (χ0n) is 12.5. The minimum Gasteiger partial charge on any atom is -0.383 e. The van der Waals surface area contributed by atoms with Crippen molar-refractivity contribution in [2.75, 3.05) is 37.1 Å². The van der Waals surface area contributed by atoms with E-state index in [1.165, 1.54) is 0 Å². The van der Waals surface area contributed by atoms with Crippen molar-refractivity contribution < 1.29 is 4.74 Å². The summed E-state index contributed by atoms with van der Waals surface area (Å²) >= 11 is 0. The SMILES string of the molecule is COCCN(CC(C)C)c1nc(C)nc(NN)c1C. The van der Waals surface area contributed by atoms with Gasteiger partial charge in [-0.05, 0) is 19.8 Å². The highest BCUT2D eigenvalue weighted by molar-refractivity contribution is 5.58. The number of aryl methyl sites for hydroxylation is 1. The molecule has 0 radical (unpaired) electrons. The van der Waals surface area contributed by atoms with E-state index in [1.54, 1.807) is 7.11 Å². The Morgan fingerprint density at radius 2 is 2.00 bits per heavy atom. The van der Waals surface area contributed by atoms with Crippen molar-refractivity contribution in [2.24, 2.45) is 11.8 Å². The summed E-state index contributed by atoms with van der Waals surface area (Å²) in [5.41, 5.74) is 3.59. The number of anilines is 2. The molecule has 1 rings (SSSR count). The van der Waals surface area contributed by atoms with Crippen molar-refractivity contribution >= 4 is 11.6 Å². The predicted octanol–water partition coefficient (Wildman–Crippen LogP) is 1.49. The van der Waals surface area contributed by atoms with E-state index in [0.717, 1.165) is 24.5 Å². The van der Waals surface area contributed by atoms with Gasteiger partial charge in [0.05, 0.1) is 6.61 Å². The Bertz CT molecular complexity index is 408. The lowest BCUT2D eigenvalue weighted by atomic mass is 10.2. The summed E-state index contributed by atoms with van der Waals surface area (Å²) in [6.07, 6.45) is 0. The molecule has 0 aliphatic carbocycles. The third-order valence-corrected chi connectivity index (χ3v) is 2.82. The summed E-state index contributed by atoms with van der Waals surface area (Å²) in [5.74, 6) is 8.35. The van der Waals surface area contributed by atoms with Crippen LogP contribution in [0.15, 0.2) is 0 Å². The molecule has 1 heterocycles. The van der Waals surface area contributed by atoms with Crippen LogP contribution in [0.3, 0.4) is 0 Å². The van der Waals surface area contributed by atoms with Crippen molar-refractivity contribution in [3.63, 3.8) is 0 Å². The Hall–Kier alpha value is -1.40. The first-order chi connectivity index (χ1) is 8.99. The summed E-state index contributed by atoms with van der Waals surface area (Å²) in [5, 5.41) is 0. The molecule has 6 heteroatoms. The molecule has 0 aromatic carbocycles. The fraction of sp³-hybridized carbons (Fsp3) is 0.692. The second kappa shape index (κ2) is 7.25. The molecule has 0 atom stereocenters. The fourth-order valence-corrected chi connectivity index (χ4v) is 1.99. The molecule has 0 unspecified atom stereocenters. The van der Waals surface area contributed by atoms with Crippen LogP contribution in [-0.4, -0.2) is 36.8 Å². The molecular weight excluding hydrogens is 242 g/mol. The van der Waals surface area contributed by atoms with Gasteiger partial charge in [-0.2, -0.15) is 0 Å². The normalized spacial score (nSPS) is 10.9. The first kappa shape index (κ1) is 15.7. The highest BCUT2D eigenvalue weighted by Gasteiger charge is 2.16. The molecule has 108 valence electrons. The summed E-state index contributed by atoms with van der Waals surface area (Å²) in [6.45, 7) is 10.6. The lowest BCUT2D eigenvalue weighted by Crippen LogP contribution is -2.33. The van der Waals surface area contributed by atoms with Crippen molar-refractivity contribution in [3.8, 4) is 0 Å². The smallest absolute Gasteiger partial charge is 0.148 e. The highest BCUT2D eigenvalue weighted by atomic mass is 16.5. The number of methoxy groups -OCH3 is 1. The maximum atomic E-state index is 5.51. The van der Waals surface area contributed by atoms with Gasteiger partial charge in [-0.3, -0.25) is 0 Å². The molecule has 3 N–H and O–H groups in total. The van der Waals surface area contributed by atoms with Gasteiger partial charge in [0.15, 0.2) is 0 Å². The lowest BCUT2D eigenvalue weighted by molar-refractivity contribution is 0.204. The van der Waals surface area contributed by atoms with Gasteiger partial charge in [-0.25, -0.2) is 15.8 Å². The number of nitrogens with one attached hydrogen (secondary N) is 1. The molecule has 0 fully saturated rings.